The van der Waals surface area contributed by atoms with Crippen molar-refractivity contribution in [3.63, 3.8) is 0 Å². The summed E-state index contributed by atoms with van der Waals surface area (Å²) in [6, 6.07) is 12.1. The number of nitrogens with zero attached hydrogens (tertiary/aromatic N) is 4. The standard InChI is InChI=1S/C24H29N5O5/c1-2-23(30)28-11-9-26(10-12-28)20-6-4-3-5-19(20)25-24(31)18-7-8-21(22(17-18)29(32)33)27-13-15-34-16-14-27/h3-8,17H,2,9-16H2,1H3,(H,25,31). The fourth-order valence-corrected chi connectivity index (χ4v) is 4.35. The Morgan fingerprint density at radius 1 is 0.971 bits per heavy atom. The Balaban J connectivity index is 1.51. The quantitative estimate of drug-likeness (QED) is 0.514. The molecular formula is C24H29N5O5. The van der Waals surface area contributed by atoms with Gasteiger partial charge in [-0.05, 0) is 24.3 Å². The number of para-hydroxylation sites is 2. The van der Waals surface area contributed by atoms with Crippen molar-refractivity contribution in [2.24, 2.45) is 0 Å². The van der Waals surface area contributed by atoms with E-state index in [-0.39, 0.29) is 17.2 Å². The highest BCUT2D eigenvalue weighted by molar-refractivity contribution is 6.06. The van der Waals surface area contributed by atoms with E-state index in [0.29, 0.717) is 70.3 Å². The average molecular weight is 468 g/mol. The van der Waals surface area contributed by atoms with Crippen molar-refractivity contribution < 1.29 is 19.2 Å². The first-order valence-electron chi connectivity index (χ1n) is 11.5. The molecule has 2 aromatic carbocycles. The number of piperazine rings is 1. The van der Waals surface area contributed by atoms with Gasteiger partial charge in [-0.25, -0.2) is 0 Å². The lowest BCUT2D eigenvalue weighted by Gasteiger charge is -2.36. The Bertz CT molecular complexity index is 1060. The zero-order valence-corrected chi connectivity index (χ0v) is 19.2. The first kappa shape index (κ1) is 23.5. The number of nitrogens with one attached hydrogen (secondary N) is 1. The van der Waals surface area contributed by atoms with Gasteiger partial charge in [-0.15, -0.1) is 0 Å². The third-order valence-electron chi connectivity index (χ3n) is 6.21. The number of hydrogen-bond acceptors (Lipinski definition) is 7. The molecule has 10 nitrogen and oxygen atoms in total. The van der Waals surface area contributed by atoms with E-state index in [0.717, 1.165) is 5.69 Å². The van der Waals surface area contributed by atoms with E-state index in [1.165, 1.54) is 6.07 Å². The number of benzene rings is 2. The van der Waals surface area contributed by atoms with Gasteiger partial charge in [-0.3, -0.25) is 19.7 Å². The van der Waals surface area contributed by atoms with Gasteiger partial charge in [0.05, 0.1) is 29.5 Å². The van der Waals surface area contributed by atoms with E-state index in [4.69, 9.17) is 4.74 Å². The molecule has 34 heavy (non-hydrogen) atoms. The molecular weight excluding hydrogens is 438 g/mol. The number of hydrogen-bond donors (Lipinski definition) is 1. The van der Waals surface area contributed by atoms with Crippen LogP contribution in [-0.2, 0) is 9.53 Å². The van der Waals surface area contributed by atoms with Crippen LogP contribution in [0.3, 0.4) is 0 Å². The van der Waals surface area contributed by atoms with Crippen LogP contribution in [-0.4, -0.2) is 74.1 Å². The van der Waals surface area contributed by atoms with Crippen LogP contribution >= 0.6 is 0 Å². The normalized spacial score (nSPS) is 16.3. The van der Waals surface area contributed by atoms with Gasteiger partial charge in [0.25, 0.3) is 11.6 Å². The summed E-state index contributed by atoms with van der Waals surface area (Å²) < 4.78 is 5.34. The lowest BCUT2D eigenvalue weighted by Crippen LogP contribution is -2.48. The Morgan fingerprint density at radius 2 is 1.65 bits per heavy atom. The molecule has 2 aromatic rings. The summed E-state index contributed by atoms with van der Waals surface area (Å²) in [6.07, 6.45) is 0.489. The van der Waals surface area contributed by atoms with Crippen LogP contribution in [0.15, 0.2) is 42.5 Å². The summed E-state index contributed by atoms with van der Waals surface area (Å²) in [4.78, 5) is 42.2. The monoisotopic (exact) mass is 467 g/mol. The largest absolute Gasteiger partial charge is 0.378 e. The molecule has 0 unspecified atom stereocenters. The van der Waals surface area contributed by atoms with E-state index >= 15 is 0 Å². The molecule has 0 spiro atoms. The van der Waals surface area contributed by atoms with Crippen LogP contribution in [0.25, 0.3) is 0 Å². The second-order valence-electron chi connectivity index (χ2n) is 8.25. The van der Waals surface area contributed by atoms with E-state index in [1.54, 1.807) is 12.1 Å². The minimum absolute atomic E-state index is 0.0976. The van der Waals surface area contributed by atoms with E-state index in [2.05, 4.69) is 10.2 Å². The van der Waals surface area contributed by atoms with Crippen molar-refractivity contribution in [3.05, 3.63) is 58.1 Å². The number of morpholine rings is 1. The Morgan fingerprint density at radius 3 is 2.32 bits per heavy atom. The predicted molar refractivity (Wildman–Crippen MR) is 130 cm³/mol. The number of nitro benzene ring substituents is 1. The summed E-state index contributed by atoms with van der Waals surface area (Å²) in [5, 5.41) is 14.7. The van der Waals surface area contributed by atoms with Crippen LogP contribution in [0.2, 0.25) is 0 Å². The molecule has 2 aliphatic rings. The van der Waals surface area contributed by atoms with E-state index < -0.39 is 10.8 Å². The number of anilines is 3. The smallest absolute Gasteiger partial charge is 0.293 e. The lowest BCUT2D eigenvalue weighted by atomic mass is 10.1. The number of carbonyl (C=O) groups excluding carboxylic acids is 2. The van der Waals surface area contributed by atoms with Gasteiger partial charge in [-0.2, -0.15) is 0 Å². The van der Waals surface area contributed by atoms with Crippen LogP contribution in [0, 0.1) is 10.1 Å². The molecule has 2 saturated heterocycles. The summed E-state index contributed by atoms with van der Waals surface area (Å²) in [5.41, 5.74) is 2.10. The third kappa shape index (κ3) is 5.12. The Hall–Kier alpha value is -3.66. The number of carbonyl (C=O) groups is 2. The topological polar surface area (TPSA) is 108 Å². The minimum atomic E-state index is -0.452. The molecule has 0 bridgehead atoms. The molecule has 0 radical (unpaired) electrons. The molecule has 2 amide bonds. The van der Waals surface area contributed by atoms with Crippen LogP contribution in [0.5, 0.6) is 0 Å². The van der Waals surface area contributed by atoms with Crippen molar-refractivity contribution >= 4 is 34.6 Å². The molecule has 10 heteroatoms. The molecule has 2 aliphatic heterocycles. The van der Waals surface area contributed by atoms with Gasteiger partial charge < -0.3 is 24.8 Å². The molecule has 2 heterocycles. The molecule has 4 rings (SSSR count). The maximum absolute atomic E-state index is 13.1. The predicted octanol–water partition coefficient (Wildman–Crippen LogP) is 2.74. The maximum atomic E-state index is 13.1. The molecule has 0 saturated carbocycles. The second kappa shape index (κ2) is 10.5. The highest BCUT2D eigenvalue weighted by Crippen LogP contribution is 2.31. The molecule has 0 atom stereocenters. The summed E-state index contributed by atoms with van der Waals surface area (Å²) >= 11 is 0. The van der Waals surface area contributed by atoms with Crippen LogP contribution in [0.4, 0.5) is 22.7 Å². The minimum Gasteiger partial charge on any atom is -0.378 e. The van der Waals surface area contributed by atoms with E-state index in [9.17, 15) is 19.7 Å². The molecule has 0 aromatic heterocycles. The summed E-state index contributed by atoms with van der Waals surface area (Å²) in [7, 11) is 0. The highest BCUT2D eigenvalue weighted by Gasteiger charge is 2.25. The highest BCUT2D eigenvalue weighted by atomic mass is 16.6. The fourth-order valence-electron chi connectivity index (χ4n) is 4.35. The van der Waals surface area contributed by atoms with Gasteiger partial charge in [0.1, 0.15) is 5.69 Å². The van der Waals surface area contributed by atoms with Crippen molar-refractivity contribution in [3.8, 4) is 0 Å². The summed E-state index contributed by atoms with van der Waals surface area (Å²) in [6.45, 7) is 6.60. The SMILES string of the molecule is CCC(=O)N1CCN(c2ccccc2NC(=O)c2ccc(N3CCOCC3)c([N+](=O)[O-])c2)CC1. The van der Waals surface area contributed by atoms with Crippen LogP contribution in [0.1, 0.15) is 23.7 Å². The van der Waals surface area contributed by atoms with Crippen molar-refractivity contribution in [2.75, 3.05) is 67.6 Å². The number of amides is 2. The Labute approximate surface area is 198 Å². The van der Waals surface area contributed by atoms with E-state index in [1.807, 2.05) is 41.0 Å². The second-order valence-corrected chi connectivity index (χ2v) is 8.25. The van der Waals surface area contributed by atoms with Gasteiger partial charge in [-0.1, -0.05) is 19.1 Å². The Kier molecular flexibility index (Phi) is 7.27. The first-order valence-corrected chi connectivity index (χ1v) is 11.5. The maximum Gasteiger partial charge on any atom is 0.293 e. The number of ether oxygens (including phenoxy) is 1. The van der Waals surface area contributed by atoms with Crippen LogP contribution < -0.4 is 15.1 Å². The number of nitro groups is 1. The fraction of sp³-hybridized carbons (Fsp3) is 0.417. The van der Waals surface area contributed by atoms with Gasteiger partial charge in [0, 0.05) is 57.3 Å². The molecule has 0 aliphatic carbocycles. The zero-order valence-electron chi connectivity index (χ0n) is 19.2. The summed E-state index contributed by atoms with van der Waals surface area (Å²) in [5.74, 6) is -0.271. The number of rotatable bonds is 6. The molecule has 2 fully saturated rings. The van der Waals surface area contributed by atoms with Gasteiger partial charge in [0.2, 0.25) is 5.91 Å². The third-order valence-corrected chi connectivity index (χ3v) is 6.21. The average Bonchev–Trinajstić information content (AvgIpc) is 2.88. The molecule has 180 valence electrons. The van der Waals surface area contributed by atoms with Gasteiger partial charge in [0.15, 0.2) is 0 Å². The molecule has 1 N–H and O–H groups in total. The van der Waals surface area contributed by atoms with Crippen molar-refractivity contribution in [1.29, 1.82) is 0 Å². The van der Waals surface area contributed by atoms with Gasteiger partial charge >= 0.3 is 0 Å². The lowest BCUT2D eigenvalue weighted by molar-refractivity contribution is -0.384. The zero-order chi connectivity index (χ0) is 24.1. The first-order chi connectivity index (χ1) is 16.5. The van der Waals surface area contributed by atoms with Crippen molar-refractivity contribution in [1.82, 2.24) is 4.90 Å². The van der Waals surface area contributed by atoms with Crippen molar-refractivity contribution in [2.45, 2.75) is 13.3 Å².